The molecule has 1 amide bonds. The van der Waals surface area contributed by atoms with Crippen LogP contribution < -0.4 is 0 Å². The molecule has 36 heavy (non-hydrogen) atoms. The highest BCUT2D eigenvalue weighted by atomic mass is 35.5. The molecule has 0 bridgehead atoms. The number of aliphatic hydroxyl groups is 1. The van der Waals surface area contributed by atoms with Crippen LogP contribution in [0.4, 0.5) is 0 Å². The van der Waals surface area contributed by atoms with Crippen molar-refractivity contribution >= 4 is 46.2 Å². The molecule has 1 atom stereocenters. The third-order valence-corrected chi connectivity index (χ3v) is 8.61. The van der Waals surface area contributed by atoms with E-state index >= 15 is 0 Å². The van der Waals surface area contributed by atoms with Crippen molar-refractivity contribution in [3.05, 3.63) is 70.0 Å². The highest BCUT2D eigenvalue weighted by Crippen LogP contribution is 2.35. The highest BCUT2D eigenvalue weighted by molar-refractivity contribution is 6.42. The van der Waals surface area contributed by atoms with Gasteiger partial charge in [-0.15, -0.1) is 0 Å². The molecular weight excluding hydrogens is 495 g/mol. The Hall–Kier alpha value is -2.38. The van der Waals surface area contributed by atoms with Crippen molar-refractivity contribution in [2.45, 2.75) is 37.6 Å². The minimum Gasteiger partial charge on any atom is -0.395 e. The van der Waals surface area contributed by atoms with E-state index in [1.807, 2.05) is 23.2 Å². The zero-order valence-electron chi connectivity index (χ0n) is 20.2. The smallest absolute Gasteiger partial charge is 0.246 e. The third kappa shape index (κ3) is 5.47. The first kappa shape index (κ1) is 25.3. The molecule has 2 N–H and O–H groups in total. The van der Waals surface area contributed by atoms with Crippen molar-refractivity contribution in [2.24, 2.45) is 5.92 Å². The molecule has 5 rings (SSSR count). The number of carbonyl (C=O) groups excluding carboxylic acids is 1. The molecule has 2 aliphatic rings. The molecule has 6 nitrogen and oxygen atoms in total. The van der Waals surface area contributed by atoms with E-state index in [1.165, 1.54) is 10.9 Å². The fourth-order valence-corrected chi connectivity index (χ4v) is 6.12. The van der Waals surface area contributed by atoms with Crippen LogP contribution in [0.25, 0.3) is 17.1 Å². The number of aromatic amines is 1. The number of hydrogen-bond acceptors (Lipinski definition) is 4. The minimum atomic E-state index is 0.00843. The Morgan fingerprint density at radius 2 is 1.89 bits per heavy atom. The normalized spacial score (nSPS) is 19.4. The van der Waals surface area contributed by atoms with Crippen molar-refractivity contribution in [3.8, 4) is 0 Å². The van der Waals surface area contributed by atoms with Crippen molar-refractivity contribution in [3.63, 3.8) is 0 Å². The Labute approximate surface area is 221 Å². The Bertz CT molecular complexity index is 1230. The molecular formula is C28H32Cl2N4O2. The number of piperidine rings is 2. The molecule has 190 valence electrons. The molecule has 2 aromatic heterocycles. The van der Waals surface area contributed by atoms with Gasteiger partial charge in [-0.2, -0.15) is 0 Å². The Balaban J connectivity index is 1.13. The van der Waals surface area contributed by atoms with Crippen LogP contribution >= 0.6 is 23.2 Å². The van der Waals surface area contributed by atoms with E-state index in [0.717, 1.165) is 50.0 Å². The Morgan fingerprint density at radius 3 is 2.61 bits per heavy atom. The van der Waals surface area contributed by atoms with Crippen LogP contribution in [-0.2, 0) is 4.79 Å². The quantitative estimate of drug-likeness (QED) is 0.424. The minimum absolute atomic E-state index is 0.00843. The number of aliphatic hydroxyl groups excluding tert-OH is 1. The van der Waals surface area contributed by atoms with Crippen molar-refractivity contribution < 1.29 is 9.90 Å². The summed E-state index contributed by atoms with van der Waals surface area (Å²) in [6.07, 6.45) is 11.3. The predicted molar refractivity (Wildman–Crippen MR) is 145 cm³/mol. The number of likely N-dealkylation sites (tertiary alicyclic amines) is 2. The first-order chi connectivity index (χ1) is 17.5. The zero-order valence-corrected chi connectivity index (χ0v) is 21.8. The van der Waals surface area contributed by atoms with Crippen molar-refractivity contribution in [1.82, 2.24) is 19.8 Å². The summed E-state index contributed by atoms with van der Waals surface area (Å²) in [6, 6.07) is 9.62. The van der Waals surface area contributed by atoms with E-state index in [2.05, 4.69) is 27.1 Å². The number of nitrogens with zero attached hydrogens (tertiary/aromatic N) is 3. The first-order valence-corrected chi connectivity index (χ1v) is 13.5. The topological polar surface area (TPSA) is 72.5 Å². The molecule has 2 fully saturated rings. The Kier molecular flexibility index (Phi) is 7.96. The fourth-order valence-electron chi connectivity index (χ4n) is 5.81. The number of halogens is 2. The summed E-state index contributed by atoms with van der Waals surface area (Å²) in [7, 11) is 0. The monoisotopic (exact) mass is 526 g/mol. The number of nitrogens with one attached hydrogen (secondary N) is 1. The SMILES string of the molecule is O=C(/C=C/c1ccc(Cl)c(Cl)c1)N1CCC(C(CO)N2CCC(c3c[nH]c4ncccc34)CC2)CC1. The zero-order chi connectivity index (χ0) is 25.1. The van der Waals surface area contributed by atoms with E-state index < -0.39 is 0 Å². The summed E-state index contributed by atoms with van der Waals surface area (Å²) >= 11 is 12.0. The van der Waals surface area contributed by atoms with E-state index in [0.29, 0.717) is 35.0 Å². The largest absolute Gasteiger partial charge is 0.395 e. The van der Waals surface area contributed by atoms with Crippen LogP contribution in [0.15, 0.2) is 48.8 Å². The summed E-state index contributed by atoms with van der Waals surface area (Å²) in [5.41, 5.74) is 3.16. The van der Waals surface area contributed by atoms with Gasteiger partial charge >= 0.3 is 0 Å². The maximum atomic E-state index is 12.7. The average molecular weight is 527 g/mol. The van der Waals surface area contributed by atoms with Crippen LogP contribution in [0.2, 0.25) is 10.0 Å². The number of pyridine rings is 1. The van der Waals surface area contributed by atoms with Gasteiger partial charge < -0.3 is 15.0 Å². The molecule has 0 spiro atoms. The number of hydrogen-bond donors (Lipinski definition) is 2. The maximum absolute atomic E-state index is 12.7. The van der Waals surface area contributed by atoms with Crippen molar-refractivity contribution in [1.29, 1.82) is 0 Å². The lowest BCUT2D eigenvalue weighted by molar-refractivity contribution is -0.127. The second-order valence-electron chi connectivity index (χ2n) is 9.87. The molecule has 0 aliphatic carbocycles. The number of H-pyrrole nitrogens is 1. The van der Waals surface area contributed by atoms with Gasteiger partial charge in [0.2, 0.25) is 5.91 Å². The lowest BCUT2D eigenvalue weighted by atomic mass is 9.85. The number of carbonyl (C=O) groups is 1. The number of benzene rings is 1. The van der Waals surface area contributed by atoms with Crippen LogP contribution in [-0.4, -0.2) is 69.6 Å². The van der Waals surface area contributed by atoms with Crippen LogP contribution in [0, 0.1) is 5.92 Å². The lowest BCUT2D eigenvalue weighted by Crippen LogP contribution is -2.50. The molecule has 0 saturated carbocycles. The summed E-state index contributed by atoms with van der Waals surface area (Å²) in [5, 5.41) is 12.5. The van der Waals surface area contributed by atoms with Gasteiger partial charge in [-0.1, -0.05) is 29.3 Å². The van der Waals surface area contributed by atoms with Gasteiger partial charge in [-0.3, -0.25) is 9.69 Å². The first-order valence-electron chi connectivity index (χ1n) is 12.7. The van der Waals surface area contributed by atoms with Gasteiger partial charge in [0.25, 0.3) is 0 Å². The second kappa shape index (κ2) is 11.3. The lowest BCUT2D eigenvalue weighted by Gasteiger charge is -2.43. The predicted octanol–water partition coefficient (Wildman–Crippen LogP) is 5.36. The molecule has 2 aliphatic heterocycles. The van der Waals surface area contributed by atoms with Crippen LogP contribution in [0.3, 0.4) is 0 Å². The standard InChI is InChI=1S/C28H32Cl2N4O2/c29-24-5-3-19(16-25(24)30)4-6-27(36)34-14-9-21(10-15-34)26(18-35)33-12-7-20(8-13-33)23-17-32-28-22(23)2-1-11-31-28/h1-6,11,16-17,20-21,26,35H,7-10,12-15,18H2,(H,31,32)/b6-4+. The number of amides is 1. The molecule has 8 heteroatoms. The summed E-state index contributed by atoms with van der Waals surface area (Å²) in [5.74, 6) is 0.918. The molecule has 0 radical (unpaired) electrons. The van der Waals surface area contributed by atoms with E-state index in [-0.39, 0.29) is 18.6 Å². The number of aromatic nitrogens is 2. The fraction of sp³-hybridized carbons (Fsp3) is 0.429. The molecule has 1 aromatic carbocycles. The van der Waals surface area contributed by atoms with Crippen molar-refractivity contribution in [2.75, 3.05) is 32.8 Å². The molecule has 2 saturated heterocycles. The van der Waals surface area contributed by atoms with Gasteiger partial charge in [0.1, 0.15) is 5.65 Å². The van der Waals surface area contributed by atoms with E-state index in [4.69, 9.17) is 23.2 Å². The van der Waals surface area contributed by atoms with Gasteiger partial charge in [0, 0.05) is 43.0 Å². The van der Waals surface area contributed by atoms with Crippen LogP contribution in [0.5, 0.6) is 0 Å². The summed E-state index contributed by atoms with van der Waals surface area (Å²) in [6.45, 7) is 3.55. The van der Waals surface area contributed by atoms with Gasteiger partial charge in [0.15, 0.2) is 0 Å². The summed E-state index contributed by atoms with van der Waals surface area (Å²) < 4.78 is 0. The molecule has 3 aromatic rings. The number of fused-ring (bicyclic) bond motifs is 1. The average Bonchev–Trinajstić information content (AvgIpc) is 3.35. The van der Waals surface area contributed by atoms with Gasteiger partial charge in [-0.05, 0) is 92.1 Å². The number of rotatable bonds is 6. The van der Waals surface area contributed by atoms with Gasteiger partial charge in [-0.25, -0.2) is 4.98 Å². The summed E-state index contributed by atoms with van der Waals surface area (Å²) in [4.78, 5) is 24.8. The van der Waals surface area contributed by atoms with E-state index in [9.17, 15) is 9.90 Å². The highest BCUT2D eigenvalue weighted by Gasteiger charge is 2.33. The molecule has 4 heterocycles. The third-order valence-electron chi connectivity index (χ3n) is 7.87. The second-order valence-corrected chi connectivity index (χ2v) is 10.7. The van der Waals surface area contributed by atoms with Crippen LogP contribution in [0.1, 0.15) is 42.7 Å². The molecule has 1 unspecified atom stereocenters. The van der Waals surface area contributed by atoms with Gasteiger partial charge in [0.05, 0.1) is 16.7 Å². The maximum Gasteiger partial charge on any atom is 0.246 e. The van der Waals surface area contributed by atoms with E-state index in [1.54, 1.807) is 24.3 Å². The Morgan fingerprint density at radius 1 is 1.11 bits per heavy atom.